The molecule has 182 valence electrons. The van der Waals surface area contributed by atoms with E-state index in [1.807, 2.05) is 36.8 Å². The highest BCUT2D eigenvalue weighted by Gasteiger charge is 2.32. The molecule has 6 rings (SSSR count). The Kier molecular flexibility index (Phi) is 5.62. The van der Waals surface area contributed by atoms with Gasteiger partial charge in [0.2, 0.25) is 5.95 Å². The summed E-state index contributed by atoms with van der Waals surface area (Å²) in [5, 5.41) is 5.65. The Labute approximate surface area is 211 Å². The van der Waals surface area contributed by atoms with Crippen LogP contribution in [0.2, 0.25) is 5.02 Å². The lowest BCUT2D eigenvalue weighted by atomic mass is 10.1. The maximum Gasteiger partial charge on any atom is 0.228 e. The Bertz CT molecular complexity index is 1400. The zero-order valence-electron chi connectivity index (χ0n) is 19.7. The lowest BCUT2D eigenvalue weighted by molar-refractivity contribution is -0.0178. The van der Waals surface area contributed by atoms with Crippen molar-refractivity contribution in [3.05, 3.63) is 47.0 Å². The number of anilines is 2. The molecule has 0 spiro atoms. The molecule has 1 aliphatic heterocycles. The highest BCUT2D eigenvalue weighted by molar-refractivity contribution is 7.22. The van der Waals surface area contributed by atoms with E-state index < -0.39 is 5.82 Å². The molecule has 4 aromatic rings. The van der Waals surface area contributed by atoms with Crippen LogP contribution in [0.1, 0.15) is 37.5 Å². The topological polar surface area (TPSA) is 72.2 Å². The Balaban J connectivity index is 1.41. The Morgan fingerprint density at radius 3 is 2.74 bits per heavy atom. The number of morpholine rings is 1. The SMILES string of the molecule is C[C@H]1CN(c2nc(-c3ccc(Cl)cc3F)c3sc(N(C)C)nc3n2)C[C@H](c2cnn(C3CC3)c2)O1. The molecular weight excluding hydrogens is 489 g/mol. The molecule has 1 aromatic carbocycles. The smallest absolute Gasteiger partial charge is 0.228 e. The number of nitrogens with zero attached hydrogens (tertiary/aromatic N) is 7. The number of thiazole rings is 1. The summed E-state index contributed by atoms with van der Waals surface area (Å²) in [4.78, 5) is 18.4. The van der Waals surface area contributed by atoms with Gasteiger partial charge in [-0.3, -0.25) is 4.68 Å². The fourth-order valence-electron chi connectivity index (χ4n) is 4.35. The second kappa shape index (κ2) is 8.69. The number of fused-ring (bicyclic) bond motifs is 1. The van der Waals surface area contributed by atoms with Crippen LogP contribution >= 0.6 is 22.9 Å². The molecule has 2 fully saturated rings. The van der Waals surface area contributed by atoms with Crippen molar-refractivity contribution in [1.82, 2.24) is 24.7 Å². The predicted octanol–water partition coefficient (Wildman–Crippen LogP) is 5.11. The van der Waals surface area contributed by atoms with Crippen LogP contribution in [0.4, 0.5) is 15.5 Å². The standard InChI is InChI=1S/C24H25ClFN7OS/c1-13-10-32(12-19(34-13)14-9-27-33(11-14)16-5-6-16)23-28-20(17-7-4-15(25)8-18(17)26)21-22(29-23)30-24(35-21)31(2)3/h4,7-9,11,13,16,19H,5-6,10,12H2,1-3H3/t13-,19+/m0/s1. The summed E-state index contributed by atoms with van der Waals surface area (Å²) < 4.78 is 24.0. The third-order valence-electron chi connectivity index (χ3n) is 6.26. The molecule has 8 nitrogen and oxygen atoms in total. The molecule has 35 heavy (non-hydrogen) atoms. The molecule has 0 N–H and O–H groups in total. The normalized spacial score (nSPS) is 20.5. The van der Waals surface area contributed by atoms with Gasteiger partial charge in [-0.05, 0) is 38.0 Å². The van der Waals surface area contributed by atoms with Gasteiger partial charge < -0.3 is 14.5 Å². The van der Waals surface area contributed by atoms with Gasteiger partial charge in [-0.1, -0.05) is 22.9 Å². The lowest BCUT2D eigenvalue weighted by Gasteiger charge is -2.36. The summed E-state index contributed by atoms with van der Waals surface area (Å²) in [6.07, 6.45) is 6.13. The predicted molar refractivity (Wildman–Crippen MR) is 136 cm³/mol. The van der Waals surface area contributed by atoms with Gasteiger partial charge in [-0.25, -0.2) is 9.37 Å². The fourth-order valence-corrected chi connectivity index (χ4v) is 5.45. The number of rotatable bonds is 5. The summed E-state index contributed by atoms with van der Waals surface area (Å²) >= 11 is 7.46. The lowest BCUT2D eigenvalue weighted by Crippen LogP contribution is -2.43. The van der Waals surface area contributed by atoms with Crippen molar-refractivity contribution in [3.63, 3.8) is 0 Å². The van der Waals surface area contributed by atoms with Gasteiger partial charge in [-0.15, -0.1) is 0 Å². The monoisotopic (exact) mass is 513 g/mol. The zero-order chi connectivity index (χ0) is 24.3. The quantitative estimate of drug-likeness (QED) is 0.367. The van der Waals surface area contributed by atoms with E-state index >= 15 is 4.39 Å². The largest absolute Gasteiger partial charge is 0.367 e. The van der Waals surface area contributed by atoms with Crippen LogP contribution in [0, 0.1) is 5.82 Å². The van der Waals surface area contributed by atoms with Gasteiger partial charge in [0.05, 0.1) is 30.6 Å². The molecule has 1 saturated carbocycles. The fraction of sp³-hybridized carbons (Fsp3) is 0.417. The van der Waals surface area contributed by atoms with Crippen molar-refractivity contribution in [3.8, 4) is 11.3 Å². The van der Waals surface area contributed by atoms with E-state index in [9.17, 15) is 0 Å². The Morgan fingerprint density at radius 1 is 1.17 bits per heavy atom. The Morgan fingerprint density at radius 2 is 2.00 bits per heavy atom. The van der Waals surface area contributed by atoms with E-state index in [-0.39, 0.29) is 12.2 Å². The molecule has 3 aromatic heterocycles. The third-order valence-corrected chi connectivity index (χ3v) is 7.71. The molecule has 2 aliphatic rings. The summed E-state index contributed by atoms with van der Waals surface area (Å²) in [7, 11) is 3.84. The highest BCUT2D eigenvalue weighted by Crippen LogP contribution is 2.38. The average molecular weight is 514 g/mol. The minimum absolute atomic E-state index is 0.0409. The number of halogens is 2. The van der Waals surface area contributed by atoms with Crippen molar-refractivity contribution >= 4 is 44.4 Å². The van der Waals surface area contributed by atoms with Crippen molar-refractivity contribution in [1.29, 1.82) is 0 Å². The molecule has 1 aliphatic carbocycles. The van der Waals surface area contributed by atoms with Crippen LogP contribution in [-0.4, -0.2) is 58.0 Å². The van der Waals surface area contributed by atoms with Gasteiger partial charge in [-0.2, -0.15) is 15.1 Å². The van der Waals surface area contributed by atoms with Crippen LogP contribution in [0.3, 0.4) is 0 Å². The van der Waals surface area contributed by atoms with Gasteiger partial charge >= 0.3 is 0 Å². The van der Waals surface area contributed by atoms with Crippen molar-refractivity contribution in [2.75, 3.05) is 37.0 Å². The van der Waals surface area contributed by atoms with Gasteiger partial charge in [0, 0.05) is 43.0 Å². The number of ether oxygens (including phenoxy) is 1. The van der Waals surface area contributed by atoms with Crippen molar-refractivity contribution in [2.45, 2.75) is 38.0 Å². The van der Waals surface area contributed by atoms with E-state index in [1.165, 1.54) is 30.2 Å². The molecule has 2 atom stereocenters. The first kappa shape index (κ1) is 22.6. The zero-order valence-corrected chi connectivity index (χ0v) is 21.2. The van der Waals surface area contributed by atoms with E-state index in [0.29, 0.717) is 47.0 Å². The van der Waals surface area contributed by atoms with E-state index in [2.05, 4.69) is 16.2 Å². The second-order valence-corrected chi connectivity index (χ2v) is 10.8. The van der Waals surface area contributed by atoms with Crippen LogP contribution in [0.15, 0.2) is 30.6 Å². The molecule has 1 saturated heterocycles. The van der Waals surface area contributed by atoms with Crippen LogP contribution in [0.5, 0.6) is 0 Å². The molecule has 0 bridgehead atoms. The summed E-state index contributed by atoms with van der Waals surface area (Å²) in [5.74, 6) is 0.0798. The third kappa shape index (κ3) is 4.34. The number of aromatic nitrogens is 5. The minimum Gasteiger partial charge on any atom is -0.367 e. The highest BCUT2D eigenvalue weighted by atomic mass is 35.5. The average Bonchev–Trinajstić information content (AvgIpc) is 3.38. The maximum absolute atomic E-state index is 15.0. The van der Waals surface area contributed by atoms with Crippen molar-refractivity contribution in [2.24, 2.45) is 0 Å². The van der Waals surface area contributed by atoms with Gasteiger partial charge in [0.15, 0.2) is 10.8 Å². The molecule has 11 heteroatoms. The van der Waals surface area contributed by atoms with Crippen LogP contribution in [0.25, 0.3) is 21.6 Å². The van der Waals surface area contributed by atoms with Crippen LogP contribution in [-0.2, 0) is 4.74 Å². The Hall–Kier alpha value is -2.82. The summed E-state index contributed by atoms with van der Waals surface area (Å²) in [6.45, 7) is 3.22. The van der Waals surface area contributed by atoms with E-state index in [4.69, 9.17) is 31.3 Å². The molecular formula is C24H25ClFN7OS. The second-order valence-electron chi connectivity index (χ2n) is 9.37. The molecule has 0 unspecified atom stereocenters. The van der Waals surface area contributed by atoms with Crippen molar-refractivity contribution < 1.29 is 9.13 Å². The molecule has 4 heterocycles. The number of benzene rings is 1. The molecule has 0 radical (unpaired) electrons. The first-order valence-corrected chi connectivity index (χ1v) is 12.8. The maximum atomic E-state index is 15.0. The van der Waals surface area contributed by atoms with Crippen LogP contribution < -0.4 is 9.80 Å². The minimum atomic E-state index is -0.427. The van der Waals surface area contributed by atoms with E-state index in [1.54, 1.807) is 12.1 Å². The molecule has 0 amide bonds. The number of hydrogen-bond donors (Lipinski definition) is 0. The van der Waals surface area contributed by atoms with E-state index in [0.717, 1.165) is 15.4 Å². The first-order chi connectivity index (χ1) is 16.9. The van der Waals surface area contributed by atoms with Gasteiger partial charge in [0.25, 0.3) is 0 Å². The first-order valence-electron chi connectivity index (χ1n) is 11.6. The van der Waals surface area contributed by atoms with Gasteiger partial charge in [0.1, 0.15) is 16.6 Å². The number of hydrogen-bond acceptors (Lipinski definition) is 8. The summed E-state index contributed by atoms with van der Waals surface area (Å²) in [6, 6.07) is 5.16. The summed E-state index contributed by atoms with van der Waals surface area (Å²) in [5.41, 5.74) is 2.48.